The maximum absolute atomic E-state index is 5.95. The largest absolute Gasteiger partial charge is 0.328 e. The van der Waals surface area contributed by atoms with Crippen LogP contribution in [0, 0.1) is 0 Å². The van der Waals surface area contributed by atoms with Crippen molar-refractivity contribution < 1.29 is 0 Å². The van der Waals surface area contributed by atoms with Gasteiger partial charge in [-0.3, -0.25) is 9.88 Å². The fourth-order valence-corrected chi connectivity index (χ4v) is 2.98. The molecule has 1 atom stereocenters. The standard InChI is InChI=1S/C13H19N3/c14-11-5-8-16(9-6-11)12-4-3-10-2-1-7-15-13(10)12/h1-2,7,11-12H,3-6,8-9,14H2. The van der Waals surface area contributed by atoms with Gasteiger partial charge in [-0.25, -0.2) is 0 Å². The molecule has 0 radical (unpaired) electrons. The summed E-state index contributed by atoms with van der Waals surface area (Å²) in [6, 6.07) is 5.25. The Morgan fingerprint density at radius 3 is 2.88 bits per heavy atom. The molecule has 0 bridgehead atoms. The van der Waals surface area contributed by atoms with Gasteiger partial charge in [0, 0.05) is 25.3 Å². The molecule has 3 rings (SSSR count). The number of rotatable bonds is 1. The Morgan fingerprint density at radius 2 is 2.06 bits per heavy atom. The molecule has 0 saturated carbocycles. The fourth-order valence-electron chi connectivity index (χ4n) is 2.98. The summed E-state index contributed by atoms with van der Waals surface area (Å²) in [5.74, 6) is 0. The van der Waals surface area contributed by atoms with Gasteiger partial charge in [0.25, 0.3) is 0 Å². The number of fused-ring (bicyclic) bond motifs is 1. The molecule has 3 nitrogen and oxygen atoms in total. The van der Waals surface area contributed by atoms with Crippen LogP contribution in [0.2, 0.25) is 0 Å². The van der Waals surface area contributed by atoms with Gasteiger partial charge in [-0.15, -0.1) is 0 Å². The van der Waals surface area contributed by atoms with E-state index in [2.05, 4.69) is 16.0 Å². The van der Waals surface area contributed by atoms with Crippen molar-refractivity contribution >= 4 is 0 Å². The summed E-state index contributed by atoms with van der Waals surface area (Å²) in [7, 11) is 0. The Hall–Kier alpha value is -0.930. The zero-order valence-corrected chi connectivity index (χ0v) is 9.60. The molecular formula is C13H19N3. The third kappa shape index (κ3) is 1.74. The molecule has 2 aliphatic rings. The molecule has 1 aromatic rings. The van der Waals surface area contributed by atoms with E-state index in [1.165, 1.54) is 24.1 Å². The second-order valence-corrected chi connectivity index (χ2v) is 4.98. The van der Waals surface area contributed by atoms with E-state index in [0.717, 1.165) is 25.9 Å². The van der Waals surface area contributed by atoms with E-state index in [9.17, 15) is 0 Å². The molecule has 16 heavy (non-hydrogen) atoms. The first-order valence-electron chi connectivity index (χ1n) is 6.28. The SMILES string of the molecule is NC1CCN(C2CCc3cccnc32)CC1. The van der Waals surface area contributed by atoms with Crippen LogP contribution in [0.3, 0.4) is 0 Å². The van der Waals surface area contributed by atoms with Crippen molar-refractivity contribution in [2.75, 3.05) is 13.1 Å². The van der Waals surface area contributed by atoms with E-state index >= 15 is 0 Å². The molecule has 0 aromatic carbocycles. The Labute approximate surface area is 96.7 Å². The van der Waals surface area contributed by atoms with Crippen LogP contribution in [0.4, 0.5) is 0 Å². The molecule has 1 aliphatic carbocycles. The lowest BCUT2D eigenvalue weighted by Gasteiger charge is -2.34. The van der Waals surface area contributed by atoms with E-state index in [0.29, 0.717) is 12.1 Å². The quantitative estimate of drug-likeness (QED) is 0.775. The van der Waals surface area contributed by atoms with Crippen molar-refractivity contribution in [1.82, 2.24) is 9.88 Å². The van der Waals surface area contributed by atoms with Crippen LogP contribution >= 0.6 is 0 Å². The van der Waals surface area contributed by atoms with E-state index < -0.39 is 0 Å². The number of hydrogen-bond donors (Lipinski definition) is 1. The van der Waals surface area contributed by atoms with Gasteiger partial charge in [0.1, 0.15) is 0 Å². The number of likely N-dealkylation sites (tertiary alicyclic amines) is 1. The minimum absolute atomic E-state index is 0.417. The minimum atomic E-state index is 0.417. The lowest BCUT2D eigenvalue weighted by Crippen LogP contribution is -2.41. The smallest absolute Gasteiger partial charge is 0.0607 e. The van der Waals surface area contributed by atoms with E-state index in [-0.39, 0.29) is 0 Å². The van der Waals surface area contributed by atoms with Gasteiger partial charge in [-0.05, 0) is 37.3 Å². The van der Waals surface area contributed by atoms with Crippen molar-refractivity contribution in [3.63, 3.8) is 0 Å². The summed E-state index contributed by atoms with van der Waals surface area (Å²) < 4.78 is 0. The number of piperidine rings is 1. The van der Waals surface area contributed by atoms with Crippen molar-refractivity contribution in [2.24, 2.45) is 5.73 Å². The van der Waals surface area contributed by atoms with Gasteiger partial charge >= 0.3 is 0 Å². The molecule has 1 fully saturated rings. The molecule has 1 aromatic heterocycles. The minimum Gasteiger partial charge on any atom is -0.328 e. The van der Waals surface area contributed by atoms with Crippen molar-refractivity contribution in [2.45, 2.75) is 37.8 Å². The first-order valence-corrected chi connectivity index (χ1v) is 6.28. The molecule has 2 N–H and O–H groups in total. The number of hydrogen-bond acceptors (Lipinski definition) is 3. The van der Waals surface area contributed by atoms with Crippen LogP contribution < -0.4 is 5.73 Å². The maximum Gasteiger partial charge on any atom is 0.0607 e. The average Bonchev–Trinajstić information content (AvgIpc) is 2.74. The van der Waals surface area contributed by atoms with Gasteiger partial charge in [-0.1, -0.05) is 6.07 Å². The number of nitrogens with zero attached hydrogens (tertiary/aromatic N) is 2. The molecule has 86 valence electrons. The number of aryl methyl sites for hydroxylation is 1. The lowest BCUT2D eigenvalue weighted by atomic mass is 10.0. The predicted molar refractivity (Wildman–Crippen MR) is 64.1 cm³/mol. The number of aromatic nitrogens is 1. The average molecular weight is 217 g/mol. The normalized spacial score (nSPS) is 26.9. The van der Waals surface area contributed by atoms with Gasteiger partial charge < -0.3 is 5.73 Å². The van der Waals surface area contributed by atoms with E-state index in [4.69, 9.17) is 5.73 Å². The molecule has 0 spiro atoms. The van der Waals surface area contributed by atoms with Crippen LogP contribution in [-0.4, -0.2) is 29.0 Å². The first kappa shape index (κ1) is 10.2. The van der Waals surface area contributed by atoms with Gasteiger partial charge in [0.2, 0.25) is 0 Å². The second-order valence-electron chi connectivity index (χ2n) is 4.98. The summed E-state index contributed by atoms with van der Waals surface area (Å²) in [4.78, 5) is 7.13. The maximum atomic E-state index is 5.95. The van der Waals surface area contributed by atoms with Crippen LogP contribution in [-0.2, 0) is 6.42 Å². The molecule has 1 unspecified atom stereocenters. The highest BCUT2D eigenvalue weighted by Crippen LogP contribution is 2.35. The Morgan fingerprint density at radius 1 is 1.25 bits per heavy atom. The summed E-state index contributed by atoms with van der Waals surface area (Å²) in [6.07, 6.45) is 6.63. The van der Waals surface area contributed by atoms with Crippen LogP contribution in [0.25, 0.3) is 0 Å². The highest BCUT2D eigenvalue weighted by molar-refractivity contribution is 5.28. The van der Waals surface area contributed by atoms with Crippen LogP contribution in [0.15, 0.2) is 18.3 Å². The molecule has 1 saturated heterocycles. The number of nitrogens with two attached hydrogens (primary N) is 1. The fraction of sp³-hybridized carbons (Fsp3) is 0.615. The zero-order chi connectivity index (χ0) is 11.0. The Kier molecular flexibility index (Phi) is 2.65. The highest BCUT2D eigenvalue weighted by atomic mass is 15.2. The topological polar surface area (TPSA) is 42.1 Å². The third-order valence-electron chi connectivity index (χ3n) is 3.94. The molecular weight excluding hydrogens is 198 g/mol. The zero-order valence-electron chi connectivity index (χ0n) is 9.60. The molecule has 3 heteroatoms. The monoisotopic (exact) mass is 217 g/mol. The van der Waals surface area contributed by atoms with E-state index in [1.807, 2.05) is 12.3 Å². The summed E-state index contributed by atoms with van der Waals surface area (Å²) in [6.45, 7) is 2.28. The predicted octanol–water partition coefficient (Wildman–Crippen LogP) is 1.49. The van der Waals surface area contributed by atoms with Crippen LogP contribution in [0.1, 0.15) is 36.6 Å². The first-order chi connectivity index (χ1) is 7.84. The second kappa shape index (κ2) is 4.15. The Balaban J connectivity index is 1.77. The third-order valence-corrected chi connectivity index (χ3v) is 3.94. The van der Waals surface area contributed by atoms with Crippen molar-refractivity contribution in [3.05, 3.63) is 29.6 Å². The molecule has 1 aliphatic heterocycles. The van der Waals surface area contributed by atoms with Gasteiger partial charge in [0.05, 0.1) is 11.7 Å². The number of pyridine rings is 1. The summed E-state index contributed by atoms with van der Waals surface area (Å²) in [5.41, 5.74) is 8.71. The summed E-state index contributed by atoms with van der Waals surface area (Å²) in [5, 5.41) is 0. The van der Waals surface area contributed by atoms with Crippen LogP contribution in [0.5, 0.6) is 0 Å². The highest BCUT2D eigenvalue weighted by Gasteiger charge is 2.30. The lowest BCUT2D eigenvalue weighted by molar-refractivity contribution is 0.150. The Bertz CT molecular complexity index is 369. The van der Waals surface area contributed by atoms with Crippen molar-refractivity contribution in [1.29, 1.82) is 0 Å². The molecule has 0 amide bonds. The molecule has 2 heterocycles. The van der Waals surface area contributed by atoms with Gasteiger partial charge in [-0.2, -0.15) is 0 Å². The van der Waals surface area contributed by atoms with Gasteiger partial charge in [0.15, 0.2) is 0 Å². The van der Waals surface area contributed by atoms with Crippen molar-refractivity contribution in [3.8, 4) is 0 Å². The summed E-state index contributed by atoms with van der Waals surface area (Å²) >= 11 is 0. The van der Waals surface area contributed by atoms with E-state index in [1.54, 1.807) is 0 Å².